The Morgan fingerprint density at radius 3 is 2.93 bits per heavy atom. The van der Waals surface area contributed by atoms with E-state index in [4.69, 9.17) is 13.9 Å². The Morgan fingerprint density at radius 1 is 1.13 bits per heavy atom. The summed E-state index contributed by atoms with van der Waals surface area (Å²) in [4.78, 5) is 39.0. The average molecular weight is 409 g/mol. The molecule has 30 heavy (non-hydrogen) atoms. The van der Waals surface area contributed by atoms with Crippen LogP contribution in [0.3, 0.4) is 0 Å². The molecule has 0 radical (unpaired) electrons. The van der Waals surface area contributed by atoms with Crippen LogP contribution in [0.15, 0.2) is 28.9 Å². The van der Waals surface area contributed by atoms with Crippen molar-refractivity contribution in [1.29, 1.82) is 0 Å². The summed E-state index contributed by atoms with van der Waals surface area (Å²) in [5.74, 6) is 1.26. The molecule has 1 amide bonds. The summed E-state index contributed by atoms with van der Waals surface area (Å²) in [5.41, 5.74) is 2.50. The molecule has 1 saturated heterocycles. The molecule has 1 aromatic carbocycles. The second-order valence-corrected chi connectivity index (χ2v) is 7.98. The highest BCUT2D eigenvalue weighted by atomic mass is 16.5. The number of carbonyl (C=O) groups excluding carboxylic acids is 3. The number of amides is 1. The Hall–Kier alpha value is -2.93. The molecule has 7 heteroatoms. The number of fused-ring (bicyclic) bond motifs is 2. The van der Waals surface area contributed by atoms with E-state index in [1.165, 1.54) is 6.26 Å². The van der Waals surface area contributed by atoms with Crippen LogP contribution in [0.25, 0.3) is 0 Å². The zero-order chi connectivity index (χ0) is 20.7. The van der Waals surface area contributed by atoms with Crippen LogP contribution in [0.5, 0.6) is 5.75 Å². The third-order valence-electron chi connectivity index (χ3n) is 6.07. The molecule has 1 atom stereocenters. The lowest BCUT2D eigenvalue weighted by atomic mass is 9.93. The molecule has 7 nitrogen and oxygen atoms in total. The third kappa shape index (κ3) is 3.33. The highest BCUT2D eigenvalue weighted by molar-refractivity contribution is 6.09. The predicted octanol–water partition coefficient (Wildman–Crippen LogP) is 2.85. The Bertz CT molecular complexity index is 1020. The van der Waals surface area contributed by atoms with E-state index in [0.717, 1.165) is 17.5 Å². The summed E-state index contributed by atoms with van der Waals surface area (Å²) in [5, 5.41) is 0. The van der Waals surface area contributed by atoms with E-state index in [1.807, 2.05) is 18.2 Å². The molecule has 0 bridgehead atoms. The summed E-state index contributed by atoms with van der Waals surface area (Å²) in [6.45, 7) is 1.52. The molecule has 1 fully saturated rings. The van der Waals surface area contributed by atoms with E-state index >= 15 is 0 Å². The molecule has 1 aromatic heterocycles. The van der Waals surface area contributed by atoms with Crippen molar-refractivity contribution in [1.82, 2.24) is 4.90 Å². The number of morpholine rings is 1. The number of hydrogen-bond donors (Lipinski definition) is 0. The number of carbonyl (C=O) groups is 3. The molecule has 2 aliphatic carbocycles. The average Bonchev–Trinajstić information content (AvgIpc) is 3.37. The fourth-order valence-corrected chi connectivity index (χ4v) is 4.53. The molecule has 0 spiro atoms. The van der Waals surface area contributed by atoms with Gasteiger partial charge in [0.15, 0.2) is 11.6 Å². The lowest BCUT2D eigenvalue weighted by molar-refractivity contribution is -0.0402. The van der Waals surface area contributed by atoms with Crippen molar-refractivity contribution < 1.29 is 28.3 Å². The van der Waals surface area contributed by atoms with Crippen LogP contribution in [0.2, 0.25) is 0 Å². The molecule has 0 saturated carbocycles. The van der Waals surface area contributed by atoms with Gasteiger partial charge >= 0.3 is 0 Å². The number of hydrogen-bond acceptors (Lipinski definition) is 6. The van der Waals surface area contributed by atoms with Crippen molar-refractivity contribution in [2.45, 2.75) is 38.2 Å². The summed E-state index contributed by atoms with van der Waals surface area (Å²) in [6.07, 6.45) is 4.26. The molecule has 5 rings (SSSR count). The van der Waals surface area contributed by atoms with Crippen LogP contribution < -0.4 is 4.74 Å². The van der Waals surface area contributed by atoms with E-state index < -0.39 is 0 Å². The predicted molar refractivity (Wildman–Crippen MR) is 106 cm³/mol. The zero-order valence-electron chi connectivity index (χ0n) is 16.6. The van der Waals surface area contributed by atoms with Gasteiger partial charge in [-0.1, -0.05) is 12.1 Å². The summed E-state index contributed by atoms with van der Waals surface area (Å²) >= 11 is 0. The maximum atomic E-state index is 13.1. The fourth-order valence-electron chi connectivity index (χ4n) is 4.53. The molecule has 2 heterocycles. The maximum absolute atomic E-state index is 13.1. The van der Waals surface area contributed by atoms with Gasteiger partial charge in [0.05, 0.1) is 24.3 Å². The lowest BCUT2D eigenvalue weighted by Gasteiger charge is -2.33. The Labute approximate surface area is 173 Å². The minimum absolute atomic E-state index is 0.0195. The largest absolute Gasteiger partial charge is 0.491 e. The minimum atomic E-state index is -0.283. The smallest absolute Gasteiger partial charge is 0.258 e. The van der Waals surface area contributed by atoms with E-state index in [2.05, 4.69) is 0 Å². The molecular weight excluding hydrogens is 386 g/mol. The van der Waals surface area contributed by atoms with Gasteiger partial charge < -0.3 is 18.8 Å². The molecule has 0 N–H and O–H groups in total. The first-order chi connectivity index (χ1) is 14.6. The van der Waals surface area contributed by atoms with E-state index in [0.29, 0.717) is 68.0 Å². The molecular formula is C23H23NO6. The van der Waals surface area contributed by atoms with Crippen molar-refractivity contribution in [2.75, 3.05) is 26.3 Å². The topological polar surface area (TPSA) is 86.0 Å². The number of rotatable bonds is 4. The van der Waals surface area contributed by atoms with Crippen molar-refractivity contribution in [3.8, 4) is 5.75 Å². The van der Waals surface area contributed by atoms with E-state index in [-0.39, 0.29) is 30.2 Å². The number of aryl methyl sites for hydroxylation is 1. The second-order valence-electron chi connectivity index (χ2n) is 7.98. The van der Waals surface area contributed by atoms with Gasteiger partial charge in [0.25, 0.3) is 5.91 Å². The van der Waals surface area contributed by atoms with Gasteiger partial charge in [-0.15, -0.1) is 0 Å². The van der Waals surface area contributed by atoms with Gasteiger partial charge in [-0.05, 0) is 18.9 Å². The standard InChI is InChI=1S/C23H23NO6/c25-18-8-7-16-15(18)3-1-5-20(16)29-12-14-11-24(9-10-28-14)23(27)17-13-30-21-6-2-4-19(26)22(17)21/h1,3,5,13-14H,2,4,6-12H2. The SMILES string of the molecule is O=C1CCc2c(OCC3CN(C(=O)c4coc5c4C(=O)CCC5)CCO3)cccc21. The van der Waals surface area contributed by atoms with Gasteiger partial charge in [-0.2, -0.15) is 0 Å². The Kier molecular flexibility index (Phi) is 4.90. The summed E-state index contributed by atoms with van der Waals surface area (Å²) in [7, 11) is 0. The Balaban J connectivity index is 1.26. The quantitative estimate of drug-likeness (QED) is 0.772. The zero-order valence-corrected chi connectivity index (χ0v) is 16.6. The number of Topliss-reactive ketones (excluding diaryl/α,β-unsaturated/α-hetero) is 2. The number of ketones is 2. The van der Waals surface area contributed by atoms with E-state index in [1.54, 1.807) is 4.90 Å². The van der Waals surface area contributed by atoms with Crippen LogP contribution in [-0.2, 0) is 17.6 Å². The van der Waals surface area contributed by atoms with Crippen molar-refractivity contribution in [3.63, 3.8) is 0 Å². The monoisotopic (exact) mass is 409 g/mol. The maximum Gasteiger partial charge on any atom is 0.258 e. The van der Waals surface area contributed by atoms with Crippen molar-refractivity contribution in [3.05, 3.63) is 52.5 Å². The number of nitrogens with zero attached hydrogens (tertiary/aromatic N) is 1. The second kappa shape index (κ2) is 7.72. The van der Waals surface area contributed by atoms with Gasteiger partial charge in [0.2, 0.25) is 0 Å². The number of furan rings is 1. The van der Waals surface area contributed by atoms with Gasteiger partial charge in [-0.25, -0.2) is 0 Å². The summed E-state index contributed by atoms with van der Waals surface area (Å²) in [6, 6.07) is 5.53. The van der Waals surface area contributed by atoms with Crippen molar-refractivity contribution in [2.24, 2.45) is 0 Å². The summed E-state index contributed by atoms with van der Waals surface area (Å²) < 4.78 is 17.3. The number of ether oxygens (including phenoxy) is 2. The third-order valence-corrected chi connectivity index (χ3v) is 6.07. The van der Waals surface area contributed by atoms with Gasteiger partial charge in [0, 0.05) is 36.9 Å². The van der Waals surface area contributed by atoms with Gasteiger partial charge in [-0.3, -0.25) is 14.4 Å². The number of benzene rings is 1. The van der Waals surface area contributed by atoms with Crippen LogP contribution in [0, 0.1) is 0 Å². The van der Waals surface area contributed by atoms with E-state index in [9.17, 15) is 14.4 Å². The molecule has 3 aliphatic rings. The van der Waals surface area contributed by atoms with Crippen LogP contribution in [-0.4, -0.2) is 54.8 Å². The highest BCUT2D eigenvalue weighted by Gasteiger charge is 2.33. The first-order valence-electron chi connectivity index (χ1n) is 10.4. The minimum Gasteiger partial charge on any atom is -0.491 e. The van der Waals surface area contributed by atoms with Crippen molar-refractivity contribution >= 4 is 17.5 Å². The molecule has 1 aliphatic heterocycles. The molecule has 156 valence electrons. The normalized spacial score (nSPS) is 20.8. The Morgan fingerprint density at radius 2 is 2.03 bits per heavy atom. The highest BCUT2D eigenvalue weighted by Crippen LogP contribution is 2.31. The fraction of sp³-hybridized carbons (Fsp3) is 0.435. The van der Waals surface area contributed by atoms with Crippen LogP contribution >= 0.6 is 0 Å². The van der Waals surface area contributed by atoms with Crippen LogP contribution in [0.4, 0.5) is 0 Å². The van der Waals surface area contributed by atoms with Crippen LogP contribution in [0.1, 0.15) is 61.7 Å². The first-order valence-corrected chi connectivity index (χ1v) is 10.4. The lowest BCUT2D eigenvalue weighted by Crippen LogP contribution is -2.47. The molecule has 1 unspecified atom stereocenters. The first kappa shape index (κ1) is 19.1. The molecule has 2 aromatic rings. The van der Waals surface area contributed by atoms with Gasteiger partial charge in [0.1, 0.15) is 30.5 Å².